The molecule has 1 aromatic rings. The first-order valence-corrected chi connectivity index (χ1v) is 5.82. The zero-order chi connectivity index (χ0) is 8.39. The molecule has 12 heavy (non-hydrogen) atoms. The highest BCUT2D eigenvalue weighted by molar-refractivity contribution is 7.07. The van der Waals surface area contributed by atoms with E-state index in [-0.39, 0.29) is 0 Å². The highest BCUT2D eigenvalue weighted by Crippen LogP contribution is 2.35. The summed E-state index contributed by atoms with van der Waals surface area (Å²) in [6.45, 7) is 2.38. The fourth-order valence-corrected chi connectivity index (χ4v) is 2.84. The highest BCUT2D eigenvalue weighted by Gasteiger charge is 2.19. The van der Waals surface area contributed by atoms with Crippen molar-refractivity contribution in [2.24, 2.45) is 5.92 Å². The molecule has 0 spiro atoms. The maximum absolute atomic E-state index is 2.38. The van der Waals surface area contributed by atoms with Gasteiger partial charge in [0.15, 0.2) is 0 Å². The topological polar surface area (TPSA) is 0 Å². The summed E-state index contributed by atoms with van der Waals surface area (Å²) >= 11 is 1.83. The van der Waals surface area contributed by atoms with E-state index in [1.165, 1.54) is 25.7 Å². The number of hydrogen-bond donors (Lipinski definition) is 0. The minimum atomic E-state index is 0.882. The second kappa shape index (κ2) is 3.61. The Morgan fingerprint density at radius 2 is 2.00 bits per heavy atom. The summed E-state index contributed by atoms with van der Waals surface area (Å²) in [6, 6.07) is 2.30. The van der Waals surface area contributed by atoms with Gasteiger partial charge in [0.1, 0.15) is 0 Å². The lowest BCUT2D eigenvalue weighted by Crippen LogP contribution is -2.09. The molecule has 1 saturated carbocycles. The van der Waals surface area contributed by atoms with Gasteiger partial charge >= 0.3 is 0 Å². The first kappa shape index (κ1) is 8.31. The highest BCUT2D eigenvalue weighted by atomic mass is 32.1. The van der Waals surface area contributed by atoms with E-state index < -0.39 is 0 Å². The molecular formula is C11H16S. The van der Waals surface area contributed by atoms with Crippen molar-refractivity contribution >= 4 is 11.3 Å². The Hall–Kier alpha value is -0.300. The van der Waals surface area contributed by atoms with Crippen LogP contribution >= 0.6 is 11.3 Å². The van der Waals surface area contributed by atoms with E-state index in [2.05, 4.69) is 23.8 Å². The minimum absolute atomic E-state index is 0.882. The van der Waals surface area contributed by atoms with Crippen LogP contribution in [0.3, 0.4) is 0 Å². The van der Waals surface area contributed by atoms with Crippen LogP contribution in [-0.2, 0) is 0 Å². The van der Waals surface area contributed by atoms with Gasteiger partial charge in [-0.25, -0.2) is 0 Å². The van der Waals surface area contributed by atoms with Crippen molar-refractivity contribution in [2.75, 3.05) is 0 Å². The molecule has 0 amide bonds. The quantitative estimate of drug-likeness (QED) is 0.612. The molecule has 0 bridgehead atoms. The normalized spacial score (nSPS) is 30.4. The zero-order valence-electron chi connectivity index (χ0n) is 7.62. The van der Waals surface area contributed by atoms with Crippen LogP contribution < -0.4 is 0 Å². The third kappa shape index (κ3) is 1.71. The van der Waals surface area contributed by atoms with Crippen LogP contribution in [0.4, 0.5) is 0 Å². The summed E-state index contributed by atoms with van der Waals surface area (Å²) in [5.41, 5.74) is 1.59. The molecule has 0 atom stereocenters. The van der Waals surface area contributed by atoms with Gasteiger partial charge in [0.2, 0.25) is 0 Å². The van der Waals surface area contributed by atoms with E-state index in [9.17, 15) is 0 Å². The predicted octanol–water partition coefficient (Wildman–Crippen LogP) is 4.04. The molecule has 1 aliphatic rings. The molecule has 1 fully saturated rings. The summed E-state index contributed by atoms with van der Waals surface area (Å²) in [4.78, 5) is 0. The van der Waals surface area contributed by atoms with E-state index in [0.29, 0.717) is 0 Å². The van der Waals surface area contributed by atoms with Gasteiger partial charge in [0.05, 0.1) is 0 Å². The van der Waals surface area contributed by atoms with Crippen molar-refractivity contribution in [1.29, 1.82) is 0 Å². The van der Waals surface area contributed by atoms with E-state index in [1.807, 2.05) is 11.3 Å². The predicted molar refractivity (Wildman–Crippen MR) is 54.7 cm³/mol. The Kier molecular flexibility index (Phi) is 2.50. The average Bonchev–Trinajstić information content (AvgIpc) is 2.58. The van der Waals surface area contributed by atoms with Crippen molar-refractivity contribution in [3.8, 4) is 0 Å². The van der Waals surface area contributed by atoms with Gasteiger partial charge in [-0.3, -0.25) is 0 Å². The number of hydrogen-bond acceptors (Lipinski definition) is 1. The Morgan fingerprint density at radius 1 is 1.25 bits per heavy atom. The van der Waals surface area contributed by atoms with Crippen LogP contribution in [0.5, 0.6) is 0 Å². The molecule has 0 nitrogen and oxygen atoms in total. The van der Waals surface area contributed by atoms with Gasteiger partial charge in [-0.15, -0.1) is 0 Å². The van der Waals surface area contributed by atoms with Gasteiger partial charge < -0.3 is 0 Å². The molecule has 0 aliphatic heterocycles. The second-order valence-electron chi connectivity index (χ2n) is 4.01. The van der Waals surface area contributed by atoms with Crippen LogP contribution in [0, 0.1) is 5.92 Å². The van der Waals surface area contributed by atoms with Crippen molar-refractivity contribution in [3.05, 3.63) is 22.4 Å². The van der Waals surface area contributed by atoms with Crippen molar-refractivity contribution in [1.82, 2.24) is 0 Å². The molecule has 1 aromatic heterocycles. The fraction of sp³-hybridized carbons (Fsp3) is 0.636. The van der Waals surface area contributed by atoms with Crippen LogP contribution in [-0.4, -0.2) is 0 Å². The van der Waals surface area contributed by atoms with Gasteiger partial charge in [-0.1, -0.05) is 19.8 Å². The van der Waals surface area contributed by atoms with Gasteiger partial charge in [0, 0.05) is 0 Å². The van der Waals surface area contributed by atoms with Crippen molar-refractivity contribution in [3.63, 3.8) is 0 Å². The lowest BCUT2D eigenvalue weighted by Gasteiger charge is -2.25. The summed E-state index contributed by atoms with van der Waals surface area (Å²) in [5, 5.41) is 4.52. The first-order valence-electron chi connectivity index (χ1n) is 4.88. The monoisotopic (exact) mass is 180 g/mol. The summed E-state index contributed by atoms with van der Waals surface area (Å²) in [5.74, 6) is 1.85. The number of thiophene rings is 1. The fourth-order valence-electron chi connectivity index (χ4n) is 2.10. The van der Waals surface area contributed by atoms with E-state index in [4.69, 9.17) is 0 Å². The number of rotatable bonds is 1. The molecule has 0 N–H and O–H groups in total. The van der Waals surface area contributed by atoms with Gasteiger partial charge in [-0.05, 0) is 47.1 Å². The minimum Gasteiger partial charge on any atom is -0.152 e. The largest absolute Gasteiger partial charge is 0.152 e. The van der Waals surface area contributed by atoms with Crippen LogP contribution in [0.2, 0.25) is 0 Å². The lowest BCUT2D eigenvalue weighted by molar-refractivity contribution is 0.348. The molecule has 1 aliphatic carbocycles. The summed E-state index contributed by atoms with van der Waals surface area (Å²) in [6.07, 6.45) is 5.69. The molecule has 66 valence electrons. The third-order valence-electron chi connectivity index (χ3n) is 3.03. The van der Waals surface area contributed by atoms with Gasteiger partial charge in [-0.2, -0.15) is 11.3 Å². The molecule has 0 saturated heterocycles. The van der Waals surface area contributed by atoms with Crippen molar-refractivity contribution < 1.29 is 0 Å². The molecule has 0 unspecified atom stereocenters. The molecule has 1 heteroatoms. The standard InChI is InChI=1S/C11H16S/c1-9-2-4-10(5-3-9)11-6-7-12-8-11/h6-10H,2-5H2,1H3. The molecule has 0 radical (unpaired) electrons. The van der Waals surface area contributed by atoms with Crippen LogP contribution in [0.25, 0.3) is 0 Å². The van der Waals surface area contributed by atoms with Gasteiger partial charge in [0.25, 0.3) is 0 Å². The summed E-state index contributed by atoms with van der Waals surface area (Å²) in [7, 11) is 0. The van der Waals surface area contributed by atoms with E-state index in [1.54, 1.807) is 5.56 Å². The summed E-state index contributed by atoms with van der Waals surface area (Å²) < 4.78 is 0. The van der Waals surface area contributed by atoms with Crippen LogP contribution in [0.1, 0.15) is 44.1 Å². The first-order chi connectivity index (χ1) is 5.86. The molecular weight excluding hydrogens is 164 g/mol. The van der Waals surface area contributed by atoms with Crippen LogP contribution in [0.15, 0.2) is 16.8 Å². The Balaban J connectivity index is 1.99. The average molecular weight is 180 g/mol. The molecule has 2 rings (SSSR count). The molecule has 1 heterocycles. The Bertz CT molecular complexity index is 217. The third-order valence-corrected chi connectivity index (χ3v) is 3.73. The van der Waals surface area contributed by atoms with E-state index in [0.717, 1.165) is 11.8 Å². The Labute approximate surface area is 78.6 Å². The maximum atomic E-state index is 2.38. The van der Waals surface area contributed by atoms with E-state index >= 15 is 0 Å². The maximum Gasteiger partial charge on any atom is -0.00584 e. The smallest absolute Gasteiger partial charge is 0.00584 e. The zero-order valence-corrected chi connectivity index (χ0v) is 8.44. The Morgan fingerprint density at radius 3 is 2.58 bits per heavy atom. The lowest BCUT2D eigenvalue weighted by atomic mass is 9.80. The van der Waals surface area contributed by atoms with Crippen molar-refractivity contribution in [2.45, 2.75) is 38.5 Å². The molecule has 0 aromatic carbocycles. The SMILES string of the molecule is CC1CCC(c2ccsc2)CC1. The second-order valence-corrected chi connectivity index (χ2v) is 4.79.